The van der Waals surface area contributed by atoms with Gasteiger partial charge in [-0.1, -0.05) is 142 Å². The number of amides is 1. The molecule has 1 amide bonds. The molecule has 1 N–H and O–H groups in total. The lowest BCUT2D eigenvalue weighted by Gasteiger charge is -2.29. The molecule has 0 spiro atoms. The molecule has 0 saturated heterocycles. The second-order valence-corrected chi connectivity index (χ2v) is 15.6. The van der Waals surface area contributed by atoms with Crippen molar-refractivity contribution in [2.24, 2.45) is 0 Å². The second kappa shape index (κ2) is 32.8. The molecule has 0 rings (SSSR count). The van der Waals surface area contributed by atoms with Crippen molar-refractivity contribution in [3.63, 3.8) is 0 Å². The Labute approximate surface area is 313 Å². The van der Waals surface area contributed by atoms with Crippen molar-refractivity contribution in [1.29, 1.82) is 0 Å². The van der Waals surface area contributed by atoms with Gasteiger partial charge in [-0.3, -0.25) is 9.59 Å². The minimum absolute atomic E-state index is 0.141. The largest absolute Gasteiger partial charge is 0.462 e. The highest BCUT2D eigenvalue weighted by Gasteiger charge is 2.24. The average molecular weight is 728 g/mol. The summed E-state index contributed by atoms with van der Waals surface area (Å²) in [5, 5.41) is 2.73. The molecule has 0 aliphatic rings. The van der Waals surface area contributed by atoms with Gasteiger partial charge >= 0.3 is 18.0 Å². The Morgan fingerprint density at radius 1 is 0.549 bits per heavy atom. The van der Waals surface area contributed by atoms with Crippen molar-refractivity contribution in [1.82, 2.24) is 5.32 Å². The van der Waals surface area contributed by atoms with Gasteiger partial charge in [0.2, 0.25) is 0 Å². The fraction of sp³-hybridized carbons (Fsp3) is 0.929. The van der Waals surface area contributed by atoms with Gasteiger partial charge in [0.25, 0.3) is 0 Å². The summed E-state index contributed by atoms with van der Waals surface area (Å²) in [4.78, 5) is 37.7. The van der Waals surface area contributed by atoms with Crippen LogP contribution in [0.15, 0.2) is 0 Å². The summed E-state index contributed by atoms with van der Waals surface area (Å²) in [6, 6.07) is 0. The van der Waals surface area contributed by atoms with Gasteiger partial charge in [-0.2, -0.15) is 0 Å². The van der Waals surface area contributed by atoms with Gasteiger partial charge in [0.1, 0.15) is 13.2 Å². The van der Waals surface area contributed by atoms with Gasteiger partial charge in [-0.05, 0) is 47.0 Å². The summed E-state index contributed by atoms with van der Waals surface area (Å²) >= 11 is 0. The van der Waals surface area contributed by atoms with E-state index in [2.05, 4.69) is 19.2 Å². The number of hydrogen-bond acceptors (Lipinski definition) is 8. The molecule has 302 valence electrons. The summed E-state index contributed by atoms with van der Waals surface area (Å²) in [6.07, 6.45) is 26.3. The fourth-order valence-corrected chi connectivity index (χ4v) is 5.72. The molecular formula is C42H81NO8. The third-order valence-electron chi connectivity index (χ3n) is 9.51. The number of carbonyl (C=O) groups is 3. The van der Waals surface area contributed by atoms with Gasteiger partial charge in [0.15, 0.2) is 6.10 Å². The predicted molar refractivity (Wildman–Crippen MR) is 208 cm³/mol. The maximum Gasteiger partial charge on any atom is 0.407 e. The SMILES string of the molecule is CCCCCCCCCCCCCC(=O)OCC(COC(=O)NCC(C)(C)OCCC(C)(C)OC)OC(=O)CCCCCCCCCCCCC. The molecule has 0 saturated carbocycles. The molecule has 0 radical (unpaired) electrons. The van der Waals surface area contributed by atoms with Crippen LogP contribution in [0, 0.1) is 0 Å². The number of methoxy groups -OCH3 is 1. The normalized spacial score (nSPS) is 12.5. The smallest absolute Gasteiger partial charge is 0.407 e. The zero-order valence-corrected chi connectivity index (χ0v) is 34.3. The Morgan fingerprint density at radius 3 is 1.41 bits per heavy atom. The molecule has 0 aliphatic carbocycles. The van der Waals surface area contributed by atoms with E-state index in [4.69, 9.17) is 23.7 Å². The van der Waals surface area contributed by atoms with Crippen LogP contribution in [0.1, 0.15) is 202 Å². The van der Waals surface area contributed by atoms with E-state index in [1.165, 1.54) is 103 Å². The van der Waals surface area contributed by atoms with Crippen LogP contribution in [0.2, 0.25) is 0 Å². The van der Waals surface area contributed by atoms with Crippen LogP contribution in [-0.4, -0.2) is 68.8 Å². The molecule has 0 fully saturated rings. The van der Waals surface area contributed by atoms with Crippen LogP contribution in [0.25, 0.3) is 0 Å². The standard InChI is InChI=1S/C42H81NO8/c1-8-10-12-14-16-18-20-22-24-26-28-30-38(44)48-34-37(51-39(45)31-29-27-25-23-21-19-17-15-13-11-9-2)35-49-40(46)43-36-42(5,6)50-33-32-41(3,4)47-7/h37H,8-36H2,1-7H3,(H,43,46). The fourth-order valence-electron chi connectivity index (χ4n) is 5.72. The van der Waals surface area contributed by atoms with E-state index in [0.29, 0.717) is 19.4 Å². The lowest BCUT2D eigenvalue weighted by molar-refractivity contribution is -0.161. The highest BCUT2D eigenvalue weighted by Crippen LogP contribution is 2.17. The van der Waals surface area contributed by atoms with E-state index in [9.17, 15) is 14.4 Å². The number of unbranched alkanes of at least 4 members (excludes halogenated alkanes) is 20. The van der Waals surface area contributed by atoms with E-state index < -0.39 is 17.8 Å². The van der Waals surface area contributed by atoms with Crippen molar-refractivity contribution in [2.45, 2.75) is 219 Å². The first-order valence-corrected chi connectivity index (χ1v) is 20.9. The van der Waals surface area contributed by atoms with Crippen LogP contribution in [-0.2, 0) is 33.3 Å². The van der Waals surface area contributed by atoms with Gasteiger partial charge in [0, 0.05) is 26.5 Å². The quantitative estimate of drug-likeness (QED) is 0.0386. The Morgan fingerprint density at radius 2 is 0.961 bits per heavy atom. The van der Waals surface area contributed by atoms with Crippen LogP contribution in [0.4, 0.5) is 4.79 Å². The number of hydrogen-bond donors (Lipinski definition) is 1. The summed E-state index contributed by atoms with van der Waals surface area (Å²) in [5.41, 5.74) is -0.911. The number of alkyl carbamates (subject to hydrolysis) is 1. The third-order valence-corrected chi connectivity index (χ3v) is 9.51. The summed E-state index contributed by atoms with van der Waals surface area (Å²) in [7, 11) is 1.67. The predicted octanol–water partition coefficient (Wildman–Crippen LogP) is 11.2. The van der Waals surface area contributed by atoms with E-state index in [0.717, 1.165) is 38.5 Å². The van der Waals surface area contributed by atoms with E-state index in [1.54, 1.807) is 7.11 Å². The molecule has 9 heteroatoms. The molecule has 0 aromatic heterocycles. The minimum Gasteiger partial charge on any atom is -0.462 e. The highest BCUT2D eigenvalue weighted by atomic mass is 16.6. The van der Waals surface area contributed by atoms with Gasteiger partial charge < -0.3 is 29.0 Å². The summed E-state index contributed by atoms with van der Waals surface area (Å²) in [5.74, 6) is -0.688. The number of rotatable bonds is 36. The molecule has 0 aromatic rings. The van der Waals surface area contributed by atoms with Crippen molar-refractivity contribution in [2.75, 3.05) is 33.5 Å². The maximum absolute atomic E-state index is 12.7. The first kappa shape index (κ1) is 49.1. The average Bonchev–Trinajstić information content (AvgIpc) is 3.09. The monoisotopic (exact) mass is 728 g/mol. The summed E-state index contributed by atoms with van der Waals surface area (Å²) < 4.78 is 27.9. The molecule has 9 nitrogen and oxygen atoms in total. The number of nitrogens with one attached hydrogen (secondary N) is 1. The molecule has 0 heterocycles. The first-order valence-electron chi connectivity index (χ1n) is 20.9. The maximum atomic E-state index is 12.7. The van der Waals surface area contributed by atoms with Gasteiger partial charge in [-0.15, -0.1) is 0 Å². The molecular weight excluding hydrogens is 646 g/mol. The Hall–Kier alpha value is -1.87. The Kier molecular flexibility index (Phi) is 31.6. The Bertz CT molecular complexity index is 847. The lowest BCUT2D eigenvalue weighted by Crippen LogP contribution is -2.42. The zero-order valence-electron chi connectivity index (χ0n) is 34.3. The molecule has 0 bridgehead atoms. The van der Waals surface area contributed by atoms with Crippen molar-refractivity contribution >= 4 is 18.0 Å². The topological polar surface area (TPSA) is 109 Å². The van der Waals surface area contributed by atoms with E-state index >= 15 is 0 Å². The molecule has 0 aliphatic heterocycles. The molecule has 0 aromatic carbocycles. The number of carbonyl (C=O) groups excluding carboxylic acids is 3. The van der Waals surface area contributed by atoms with Gasteiger partial charge in [-0.25, -0.2) is 4.79 Å². The summed E-state index contributed by atoms with van der Waals surface area (Å²) in [6.45, 7) is 12.6. The number of esters is 2. The van der Waals surface area contributed by atoms with Crippen molar-refractivity contribution < 1.29 is 38.1 Å². The van der Waals surface area contributed by atoms with E-state index in [-0.39, 0.29) is 43.7 Å². The first-order chi connectivity index (χ1) is 24.4. The Balaban J connectivity index is 4.58. The van der Waals surface area contributed by atoms with Crippen molar-refractivity contribution in [3.8, 4) is 0 Å². The van der Waals surface area contributed by atoms with Crippen LogP contribution < -0.4 is 5.32 Å². The minimum atomic E-state index is -0.863. The van der Waals surface area contributed by atoms with Gasteiger partial charge in [0.05, 0.1) is 17.8 Å². The zero-order chi connectivity index (χ0) is 38.1. The van der Waals surface area contributed by atoms with Crippen molar-refractivity contribution in [3.05, 3.63) is 0 Å². The third kappa shape index (κ3) is 33.7. The molecule has 1 atom stereocenters. The van der Waals surface area contributed by atoms with Crippen LogP contribution in [0.5, 0.6) is 0 Å². The lowest BCUT2D eigenvalue weighted by atomic mass is 10.1. The van der Waals surface area contributed by atoms with E-state index in [1.807, 2.05) is 27.7 Å². The number of ether oxygens (including phenoxy) is 5. The van der Waals surface area contributed by atoms with Crippen LogP contribution >= 0.6 is 0 Å². The second-order valence-electron chi connectivity index (χ2n) is 15.6. The highest BCUT2D eigenvalue weighted by molar-refractivity contribution is 5.70. The molecule has 1 unspecified atom stereocenters. The molecule has 51 heavy (non-hydrogen) atoms. The van der Waals surface area contributed by atoms with Crippen LogP contribution in [0.3, 0.4) is 0 Å².